The molecule has 2 fully saturated rings. The Bertz CT molecular complexity index is 849. The van der Waals surface area contributed by atoms with Gasteiger partial charge >= 0.3 is 6.03 Å². The van der Waals surface area contributed by atoms with Crippen molar-refractivity contribution in [3.8, 4) is 0 Å². The largest absolute Gasteiger partial charge is 0.332 e. The van der Waals surface area contributed by atoms with E-state index in [0.29, 0.717) is 5.69 Å². The number of nitrogens with zero attached hydrogens (tertiary/aromatic N) is 2. The van der Waals surface area contributed by atoms with Crippen molar-refractivity contribution in [1.29, 1.82) is 0 Å². The normalized spacial score (nSPS) is 26.9. The topological polar surface area (TPSA) is 79.4 Å². The Morgan fingerprint density at radius 2 is 2.10 bits per heavy atom. The fourth-order valence-electron chi connectivity index (χ4n) is 3.12. The minimum Gasteiger partial charge on any atom is -0.332 e. The Labute approximate surface area is 121 Å². The van der Waals surface area contributed by atoms with E-state index in [1.165, 1.54) is 0 Å². The van der Waals surface area contributed by atoms with E-state index in [0.717, 1.165) is 10.9 Å². The predicted octanol–water partition coefficient (Wildman–Crippen LogP) is 0.930. The summed E-state index contributed by atoms with van der Waals surface area (Å²) in [5, 5.41) is 3.68. The maximum absolute atomic E-state index is 12.1. The smallest absolute Gasteiger partial charge is 0.322 e. The number of nitrogens with one attached hydrogen (secondary N) is 1. The van der Waals surface area contributed by atoms with Crippen LogP contribution in [0, 0.1) is 0 Å². The van der Waals surface area contributed by atoms with E-state index in [1.54, 1.807) is 11.1 Å². The summed E-state index contributed by atoms with van der Waals surface area (Å²) >= 11 is 0. The first kappa shape index (κ1) is 12.6. The van der Waals surface area contributed by atoms with Crippen molar-refractivity contribution in [3.63, 3.8) is 0 Å². The molecule has 0 unspecified atom stereocenters. The highest BCUT2D eigenvalue weighted by Crippen LogP contribution is 2.30. The molecule has 2 aliphatic heterocycles. The molecule has 0 saturated carbocycles. The molecule has 2 aromatic rings. The van der Waals surface area contributed by atoms with Gasteiger partial charge in [0.1, 0.15) is 0 Å². The van der Waals surface area contributed by atoms with Crippen LogP contribution >= 0.6 is 0 Å². The van der Waals surface area contributed by atoms with Gasteiger partial charge in [0.25, 0.3) is 0 Å². The molecule has 0 aliphatic carbocycles. The summed E-state index contributed by atoms with van der Waals surface area (Å²) < 4.78 is 23.5. The van der Waals surface area contributed by atoms with E-state index in [4.69, 9.17) is 0 Å². The number of hydrogen-bond donors (Lipinski definition) is 1. The lowest BCUT2D eigenvalue weighted by Crippen LogP contribution is -2.36. The number of anilines is 1. The minimum absolute atomic E-state index is 0.0154. The standard InChI is InChI=1S/C14H13N3O3S/c18-14-16-12-7-21(19,20)8-13(12)17(14)10-3-4-11-9(6-10)2-1-5-15-11/h1-6,12-13H,7-8H2,(H,16,18)/t12-,13-/m1/s1. The number of sulfone groups is 1. The van der Waals surface area contributed by atoms with Crippen molar-refractivity contribution in [2.24, 2.45) is 0 Å². The molecule has 4 rings (SSSR count). The minimum atomic E-state index is -3.08. The van der Waals surface area contributed by atoms with Gasteiger partial charge in [-0.3, -0.25) is 9.88 Å². The lowest BCUT2D eigenvalue weighted by atomic mass is 10.1. The van der Waals surface area contributed by atoms with Gasteiger partial charge in [-0.1, -0.05) is 6.07 Å². The van der Waals surface area contributed by atoms with Crippen LogP contribution in [0.25, 0.3) is 10.9 Å². The average molecular weight is 303 g/mol. The quantitative estimate of drug-likeness (QED) is 0.795. The zero-order chi connectivity index (χ0) is 14.6. The molecule has 6 nitrogen and oxygen atoms in total. The van der Waals surface area contributed by atoms with Crippen molar-refractivity contribution < 1.29 is 13.2 Å². The van der Waals surface area contributed by atoms with Crippen LogP contribution in [0.2, 0.25) is 0 Å². The molecule has 2 aliphatic rings. The SMILES string of the molecule is O=C1N[C@@H]2CS(=O)(=O)C[C@H]2N1c1ccc2ncccc2c1. The van der Waals surface area contributed by atoms with Crippen LogP contribution in [0.3, 0.4) is 0 Å². The highest BCUT2D eigenvalue weighted by Gasteiger charge is 2.49. The first-order valence-corrected chi connectivity index (χ1v) is 8.51. The number of amides is 2. The number of urea groups is 1. The van der Waals surface area contributed by atoms with E-state index in [2.05, 4.69) is 10.3 Å². The maximum atomic E-state index is 12.1. The molecule has 7 heteroatoms. The van der Waals surface area contributed by atoms with Crippen LogP contribution in [0.1, 0.15) is 0 Å². The first-order valence-electron chi connectivity index (χ1n) is 6.68. The van der Waals surface area contributed by atoms with Crippen molar-refractivity contribution in [2.75, 3.05) is 16.4 Å². The molecule has 1 N–H and O–H groups in total. The number of aromatic nitrogens is 1. The van der Waals surface area contributed by atoms with Crippen LogP contribution in [0.5, 0.6) is 0 Å². The molecule has 0 spiro atoms. The monoisotopic (exact) mass is 303 g/mol. The Kier molecular flexibility index (Phi) is 2.50. The first-order chi connectivity index (χ1) is 10.0. The number of rotatable bonds is 1. The second-order valence-electron chi connectivity index (χ2n) is 5.45. The molecule has 2 saturated heterocycles. The second kappa shape index (κ2) is 4.17. The Morgan fingerprint density at radius 3 is 2.95 bits per heavy atom. The third-order valence-electron chi connectivity index (χ3n) is 4.05. The molecule has 1 aromatic carbocycles. The highest BCUT2D eigenvalue weighted by molar-refractivity contribution is 7.91. The summed E-state index contributed by atoms with van der Waals surface area (Å²) in [6.45, 7) is 0. The van der Waals surface area contributed by atoms with Gasteiger partial charge in [0.2, 0.25) is 0 Å². The molecule has 3 heterocycles. The summed E-state index contributed by atoms with van der Waals surface area (Å²) in [5.41, 5.74) is 1.55. The van der Waals surface area contributed by atoms with Gasteiger partial charge in [0, 0.05) is 17.3 Å². The highest BCUT2D eigenvalue weighted by atomic mass is 32.2. The average Bonchev–Trinajstić information content (AvgIpc) is 2.88. The summed E-state index contributed by atoms with van der Waals surface area (Å²) in [5.74, 6) is 0.0382. The van der Waals surface area contributed by atoms with Crippen LogP contribution in [-0.2, 0) is 9.84 Å². The molecule has 0 bridgehead atoms. The third-order valence-corrected chi connectivity index (χ3v) is 5.76. The van der Waals surface area contributed by atoms with Gasteiger partial charge in [-0.15, -0.1) is 0 Å². The summed E-state index contributed by atoms with van der Waals surface area (Å²) in [6.07, 6.45) is 1.71. The number of benzene rings is 1. The lowest BCUT2D eigenvalue weighted by Gasteiger charge is -2.21. The van der Waals surface area contributed by atoms with Gasteiger partial charge in [-0.05, 0) is 24.3 Å². The van der Waals surface area contributed by atoms with Gasteiger partial charge < -0.3 is 5.32 Å². The Hall–Kier alpha value is -2.15. The van der Waals surface area contributed by atoms with Gasteiger partial charge in [-0.25, -0.2) is 13.2 Å². The van der Waals surface area contributed by atoms with Crippen molar-refractivity contribution in [3.05, 3.63) is 36.5 Å². The lowest BCUT2D eigenvalue weighted by molar-refractivity contribution is 0.251. The van der Waals surface area contributed by atoms with Gasteiger partial charge in [0.15, 0.2) is 9.84 Å². The van der Waals surface area contributed by atoms with Crippen LogP contribution < -0.4 is 10.2 Å². The fraction of sp³-hybridized carbons (Fsp3) is 0.286. The van der Waals surface area contributed by atoms with E-state index in [-0.39, 0.29) is 29.6 Å². The zero-order valence-electron chi connectivity index (χ0n) is 11.1. The number of carbonyl (C=O) groups is 1. The summed E-state index contributed by atoms with van der Waals surface area (Å²) in [4.78, 5) is 17.9. The number of fused-ring (bicyclic) bond motifs is 2. The zero-order valence-corrected chi connectivity index (χ0v) is 11.9. The molecule has 2 amide bonds. The second-order valence-corrected chi connectivity index (χ2v) is 7.60. The number of hydrogen-bond acceptors (Lipinski definition) is 4. The van der Waals surface area contributed by atoms with Crippen molar-refractivity contribution >= 4 is 32.5 Å². The number of carbonyl (C=O) groups excluding carboxylic acids is 1. The van der Waals surface area contributed by atoms with E-state index in [1.807, 2.05) is 30.3 Å². The predicted molar refractivity (Wildman–Crippen MR) is 79.0 cm³/mol. The summed E-state index contributed by atoms with van der Waals surface area (Å²) in [7, 11) is -3.08. The molecule has 0 radical (unpaired) electrons. The van der Waals surface area contributed by atoms with E-state index >= 15 is 0 Å². The van der Waals surface area contributed by atoms with Gasteiger partial charge in [0.05, 0.1) is 29.1 Å². The van der Waals surface area contributed by atoms with Crippen LogP contribution in [-0.4, -0.2) is 43.0 Å². The van der Waals surface area contributed by atoms with Crippen molar-refractivity contribution in [2.45, 2.75) is 12.1 Å². The van der Waals surface area contributed by atoms with Crippen molar-refractivity contribution in [1.82, 2.24) is 10.3 Å². The number of pyridine rings is 1. The van der Waals surface area contributed by atoms with E-state index < -0.39 is 9.84 Å². The Balaban J connectivity index is 1.78. The van der Waals surface area contributed by atoms with Crippen LogP contribution in [0.15, 0.2) is 36.5 Å². The Morgan fingerprint density at radius 1 is 1.24 bits per heavy atom. The third kappa shape index (κ3) is 1.96. The summed E-state index contributed by atoms with van der Waals surface area (Å²) in [6, 6.07) is 8.40. The maximum Gasteiger partial charge on any atom is 0.322 e. The van der Waals surface area contributed by atoms with Gasteiger partial charge in [-0.2, -0.15) is 0 Å². The molecular weight excluding hydrogens is 290 g/mol. The molecule has 21 heavy (non-hydrogen) atoms. The van der Waals surface area contributed by atoms with E-state index in [9.17, 15) is 13.2 Å². The van der Waals surface area contributed by atoms with Crippen LogP contribution in [0.4, 0.5) is 10.5 Å². The molecule has 1 aromatic heterocycles. The molecular formula is C14H13N3O3S. The fourth-order valence-corrected chi connectivity index (χ4v) is 5.01. The molecule has 2 atom stereocenters. The molecule has 108 valence electrons.